The summed E-state index contributed by atoms with van der Waals surface area (Å²) in [5, 5.41) is 0. The molecule has 1 aliphatic heterocycles. The van der Waals surface area contributed by atoms with Crippen molar-refractivity contribution in [2.45, 2.75) is 0 Å². The van der Waals surface area contributed by atoms with E-state index in [0.29, 0.717) is 0 Å². The van der Waals surface area contributed by atoms with Crippen molar-refractivity contribution < 1.29 is 39.3 Å². The Kier molecular flexibility index (Phi) is 9.33. The number of morpholine rings is 1. The van der Waals surface area contributed by atoms with E-state index in [1.165, 1.54) is 0 Å². The molecular formula is C5H11CuNO5S. The summed E-state index contributed by atoms with van der Waals surface area (Å²) in [4.78, 5) is 2.27. The third-order valence-electron chi connectivity index (χ3n) is 1.23. The summed E-state index contributed by atoms with van der Waals surface area (Å²) >= 11 is 0. The Morgan fingerprint density at radius 3 is 1.69 bits per heavy atom. The number of likely N-dealkylation sites (N-methyl/N-ethyl adjacent to an activating group) is 1. The van der Waals surface area contributed by atoms with Gasteiger partial charge in [0.05, 0.1) is 13.2 Å². The zero-order valence-electron chi connectivity index (χ0n) is 7.03. The van der Waals surface area contributed by atoms with Gasteiger partial charge in [-0.25, -0.2) is 0 Å². The first-order chi connectivity index (χ1) is 5.39. The largest absolute Gasteiger partial charge is 2.00 e. The minimum atomic E-state index is -5.17. The van der Waals surface area contributed by atoms with Crippen LogP contribution in [-0.4, -0.2) is 55.8 Å². The first kappa shape index (κ1) is 15.8. The van der Waals surface area contributed by atoms with Crippen molar-refractivity contribution in [3.63, 3.8) is 0 Å². The summed E-state index contributed by atoms with van der Waals surface area (Å²) in [7, 11) is -3.05. The van der Waals surface area contributed by atoms with Gasteiger partial charge in [0, 0.05) is 23.5 Å². The predicted octanol–water partition coefficient (Wildman–Crippen LogP) is -1.39. The van der Waals surface area contributed by atoms with E-state index in [1.807, 2.05) is 0 Å². The van der Waals surface area contributed by atoms with Gasteiger partial charge in [-0.15, -0.1) is 0 Å². The fraction of sp³-hybridized carbons (Fsp3) is 1.00. The molecule has 0 N–H and O–H groups in total. The molecule has 8 heteroatoms. The predicted molar refractivity (Wildman–Crippen MR) is 38.8 cm³/mol. The fourth-order valence-corrected chi connectivity index (χ4v) is 0.655. The molecule has 0 atom stereocenters. The van der Waals surface area contributed by atoms with Crippen LogP contribution in [0.4, 0.5) is 0 Å². The molecule has 0 aromatic heterocycles. The molecule has 1 fully saturated rings. The Morgan fingerprint density at radius 1 is 1.23 bits per heavy atom. The number of hydrogen-bond acceptors (Lipinski definition) is 6. The van der Waals surface area contributed by atoms with Gasteiger partial charge in [-0.05, 0) is 7.05 Å². The SMILES string of the molecule is CN1CCOCC1.O=S(=O)([O-])[O-].[Cu+2]. The molecule has 13 heavy (non-hydrogen) atoms. The number of hydrogen-bond donors (Lipinski definition) is 0. The maximum atomic E-state index is 8.52. The van der Waals surface area contributed by atoms with Crippen LogP contribution in [0.3, 0.4) is 0 Å². The number of rotatable bonds is 0. The molecule has 1 rings (SSSR count). The van der Waals surface area contributed by atoms with Crippen LogP contribution in [0.1, 0.15) is 0 Å². The van der Waals surface area contributed by atoms with Crippen LogP contribution in [0.5, 0.6) is 0 Å². The Balaban J connectivity index is 0. The van der Waals surface area contributed by atoms with Crippen molar-refractivity contribution in [3.8, 4) is 0 Å². The molecule has 0 unspecified atom stereocenters. The Morgan fingerprint density at radius 2 is 1.54 bits per heavy atom. The van der Waals surface area contributed by atoms with Gasteiger partial charge in [0.25, 0.3) is 0 Å². The summed E-state index contributed by atoms with van der Waals surface area (Å²) < 4.78 is 39.2. The maximum absolute atomic E-state index is 8.52. The first-order valence-electron chi connectivity index (χ1n) is 3.32. The van der Waals surface area contributed by atoms with E-state index in [2.05, 4.69) is 11.9 Å². The average Bonchev–Trinajstić information content (AvgIpc) is 1.85. The van der Waals surface area contributed by atoms with E-state index in [4.69, 9.17) is 22.3 Å². The quantitative estimate of drug-likeness (QED) is 0.302. The second kappa shape index (κ2) is 7.69. The summed E-state index contributed by atoms with van der Waals surface area (Å²) in [5.41, 5.74) is 0. The van der Waals surface area contributed by atoms with E-state index < -0.39 is 10.4 Å². The van der Waals surface area contributed by atoms with Gasteiger partial charge in [-0.3, -0.25) is 8.42 Å². The Labute approximate surface area is 88.3 Å². The molecule has 0 aromatic carbocycles. The standard InChI is InChI=1S/C5H11NO.Cu.H2O4S/c1-6-2-4-7-5-3-6;;1-5(2,3)4/h2-5H2,1H3;;(H2,1,2,3,4)/q;+2;/p-2. The minimum absolute atomic E-state index is 0. The van der Waals surface area contributed by atoms with Crippen molar-refractivity contribution >= 4 is 10.4 Å². The van der Waals surface area contributed by atoms with Crippen molar-refractivity contribution in [2.75, 3.05) is 33.4 Å². The minimum Gasteiger partial charge on any atom is -0.759 e. The molecule has 0 bridgehead atoms. The second-order valence-electron chi connectivity index (χ2n) is 2.32. The van der Waals surface area contributed by atoms with E-state index in [0.717, 1.165) is 26.3 Å². The van der Waals surface area contributed by atoms with Crippen LogP contribution in [0, 0.1) is 0 Å². The van der Waals surface area contributed by atoms with E-state index in [-0.39, 0.29) is 17.1 Å². The van der Waals surface area contributed by atoms with Gasteiger partial charge in [0.2, 0.25) is 0 Å². The van der Waals surface area contributed by atoms with Crippen LogP contribution >= 0.6 is 0 Å². The third-order valence-corrected chi connectivity index (χ3v) is 1.23. The van der Waals surface area contributed by atoms with E-state index in [9.17, 15) is 0 Å². The molecule has 1 saturated heterocycles. The molecule has 6 nitrogen and oxygen atoms in total. The van der Waals surface area contributed by atoms with Crippen LogP contribution in [0.2, 0.25) is 0 Å². The topological polar surface area (TPSA) is 92.7 Å². The average molecular weight is 261 g/mol. The van der Waals surface area contributed by atoms with Gasteiger partial charge in [-0.1, -0.05) is 0 Å². The van der Waals surface area contributed by atoms with E-state index >= 15 is 0 Å². The molecule has 0 aromatic rings. The summed E-state index contributed by atoms with van der Waals surface area (Å²) in [6, 6.07) is 0. The molecule has 0 aliphatic carbocycles. The van der Waals surface area contributed by atoms with Crippen LogP contribution in [0.15, 0.2) is 0 Å². The summed E-state index contributed by atoms with van der Waals surface area (Å²) in [6.07, 6.45) is 0. The van der Waals surface area contributed by atoms with Gasteiger partial charge in [0.15, 0.2) is 0 Å². The number of ether oxygens (including phenoxy) is 1. The maximum Gasteiger partial charge on any atom is 2.00 e. The summed E-state index contributed by atoms with van der Waals surface area (Å²) in [6.45, 7) is 4.02. The first-order valence-corrected chi connectivity index (χ1v) is 4.66. The van der Waals surface area contributed by atoms with Crippen molar-refractivity contribution in [1.82, 2.24) is 4.90 Å². The Hall–Kier alpha value is 0.309. The smallest absolute Gasteiger partial charge is 0.759 e. The van der Waals surface area contributed by atoms with Gasteiger partial charge in [0.1, 0.15) is 0 Å². The molecule has 0 amide bonds. The van der Waals surface area contributed by atoms with E-state index in [1.54, 1.807) is 0 Å². The van der Waals surface area contributed by atoms with Crippen LogP contribution < -0.4 is 0 Å². The van der Waals surface area contributed by atoms with Crippen molar-refractivity contribution in [3.05, 3.63) is 0 Å². The molecule has 83 valence electrons. The van der Waals surface area contributed by atoms with Crippen molar-refractivity contribution in [1.29, 1.82) is 0 Å². The van der Waals surface area contributed by atoms with Gasteiger partial charge in [-0.2, -0.15) is 0 Å². The zero-order valence-corrected chi connectivity index (χ0v) is 8.78. The monoisotopic (exact) mass is 260 g/mol. The van der Waals surface area contributed by atoms with Gasteiger partial charge < -0.3 is 18.7 Å². The van der Waals surface area contributed by atoms with Crippen LogP contribution in [-0.2, 0) is 32.2 Å². The zero-order chi connectivity index (χ0) is 9.61. The molecule has 0 spiro atoms. The molecule has 1 heterocycles. The summed E-state index contributed by atoms with van der Waals surface area (Å²) in [5.74, 6) is 0. The molecular weight excluding hydrogens is 250 g/mol. The molecule has 0 saturated carbocycles. The normalized spacial score (nSPS) is 18.1. The Bertz CT molecular complexity index is 193. The fourth-order valence-electron chi connectivity index (χ4n) is 0.655. The van der Waals surface area contributed by atoms with Gasteiger partial charge >= 0.3 is 17.1 Å². The van der Waals surface area contributed by atoms with Crippen LogP contribution in [0.25, 0.3) is 0 Å². The number of nitrogens with zero attached hydrogens (tertiary/aromatic N) is 1. The molecule has 1 radical (unpaired) electrons. The molecule has 1 aliphatic rings. The second-order valence-corrected chi connectivity index (χ2v) is 3.14. The van der Waals surface area contributed by atoms with Crippen molar-refractivity contribution in [2.24, 2.45) is 0 Å². The third kappa shape index (κ3) is 18.9.